The van der Waals surface area contributed by atoms with E-state index in [0.29, 0.717) is 12.2 Å². The van der Waals surface area contributed by atoms with Gasteiger partial charge in [0.1, 0.15) is 12.8 Å². The van der Waals surface area contributed by atoms with Crippen LogP contribution in [-0.4, -0.2) is 29.7 Å². The molecule has 0 N–H and O–H groups in total. The molecule has 0 amide bonds. The molecule has 2 heterocycles. The normalized spacial score (nSPS) is 20.4. The molecule has 240 valence electrons. The van der Waals surface area contributed by atoms with Crippen LogP contribution in [-0.2, 0) is 15.6 Å². The fourth-order valence-corrected chi connectivity index (χ4v) is 7.30. The first-order chi connectivity index (χ1) is 20.8. The van der Waals surface area contributed by atoms with Gasteiger partial charge in [0.2, 0.25) is 5.69 Å². The van der Waals surface area contributed by atoms with Crippen LogP contribution in [0.4, 0.5) is 11.4 Å². The predicted molar refractivity (Wildman–Crippen MR) is 187 cm³/mol. The van der Waals surface area contributed by atoms with Crippen molar-refractivity contribution in [2.75, 3.05) is 18.5 Å². The van der Waals surface area contributed by atoms with Crippen molar-refractivity contribution in [1.82, 2.24) is 0 Å². The summed E-state index contributed by atoms with van der Waals surface area (Å²) in [7, 11) is 2.19. The van der Waals surface area contributed by atoms with Crippen LogP contribution in [0.5, 0.6) is 0 Å². The lowest BCUT2D eigenvalue weighted by Crippen LogP contribution is -3.00. The summed E-state index contributed by atoms with van der Waals surface area (Å²) in [6.07, 6.45) is 19.1. The van der Waals surface area contributed by atoms with E-state index in [9.17, 15) is 4.79 Å². The molecule has 0 aromatic heterocycles. The van der Waals surface area contributed by atoms with Crippen molar-refractivity contribution in [1.29, 1.82) is 0 Å². The summed E-state index contributed by atoms with van der Waals surface area (Å²) < 4.78 is 2.35. The molecular weight excluding hydrogens is 572 g/mol. The van der Waals surface area contributed by atoms with E-state index in [2.05, 4.69) is 123 Å². The first kappa shape index (κ1) is 34.7. The molecule has 0 spiro atoms. The fourth-order valence-electron chi connectivity index (χ4n) is 7.30. The molecule has 45 heavy (non-hydrogen) atoms. The number of carbonyl (C=O) groups is 1. The van der Waals surface area contributed by atoms with Crippen molar-refractivity contribution in [2.24, 2.45) is 5.41 Å². The second-order valence-electron chi connectivity index (χ2n) is 15.1. The van der Waals surface area contributed by atoms with E-state index in [1.54, 1.807) is 0 Å². The van der Waals surface area contributed by atoms with Crippen molar-refractivity contribution >= 4 is 22.9 Å². The Morgan fingerprint density at radius 1 is 0.867 bits per heavy atom. The highest BCUT2D eigenvalue weighted by Crippen LogP contribution is 2.48. The van der Waals surface area contributed by atoms with Gasteiger partial charge in [-0.05, 0) is 74.8 Å². The molecule has 0 fully saturated rings. The van der Waals surface area contributed by atoms with Crippen molar-refractivity contribution in [2.45, 2.75) is 104 Å². The van der Waals surface area contributed by atoms with Gasteiger partial charge in [0.15, 0.2) is 5.71 Å². The zero-order chi connectivity index (χ0) is 31.7. The highest BCUT2D eigenvalue weighted by molar-refractivity contribution is 6.03. The third kappa shape index (κ3) is 7.14. The molecule has 0 saturated carbocycles. The highest BCUT2D eigenvalue weighted by Gasteiger charge is 2.42. The van der Waals surface area contributed by atoms with Crippen LogP contribution in [0.1, 0.15) is 105 Å². The molecule has 2 aromatic rings. The summed E-state index contributed by atoms with van der Waals surface area (Å²) in [6, 6.07) is 17.7. The van der Waals surface area contributed by atoms with Gasteiger partial charge in [-0.15, -0.1) is 0 Å². The summed E-state index contributed by atoms with van der Waals surface area (Å²) >= 11 is 0. The molecule has 4 heteroatoms. The topological polar surface area (TPSA) is 23.3 Å². The molecule has 0 saturated heterocycles. The number of rotatable bonds is 9. The van der Waals surface area contributed by atoms with Gasteiger partial charge in [-0.2, -0.15) is 4.58 Å². The van der Waals surface area contributed by atoms with Gasteiger partial charge < -0.3 is 17.3 Å². The summed E-state index contributed by atoms with van der Waals surface area (Å²) in [5.41, 5.74) is 10.7. The number of carbonyl (C=O) groups excluding carboxylic acids is 1. The number of para-hydroxylation sites is 2. The maximum Gasteiger partial charge on any atom is 0.209 e. The molecule has 2 aliphatic heterocycles. The Balaban J connectivity index is 0.00000461. The van der Waals surface area contributed by atoms with Gasteiger partial charge in [-0.1, -0.05) is 95.7 Å². The SMILES string of the molecule is C[N+]1=C(C=CC2=CC(=CC=C3N(CCCCCC(=O)C(C)(C)C)c4ccccc4C3(C)C)CCC2)C(C)(C)c2ccccc21.[Cl-]. The molecule has 5 rings (SSSR count). The van der Waals surface area contributed by atoms with Crippen LogP contribution < -0.4 is 17.3 Å². The zero-order valence-electron chi connectivity index (χ0n) is 28.8. The summed E-state index contributed by atoms with van der Waals surface area (Å²) in [6.45, 7) is 16.4. The second kappa shape index (κ2) is 13.7. The van der Waals surface area contributed by atoms with E-state index in [0.717, 1.165) is 38.6 Å². The van der Waals surface area contributed by atoms with Crippen LogP contribution in [0.25, 0.3) is 0 Å². The number of Topliss-reactive ketones (excluding diaryl/α,β-unsaturated/α-hetero) is 1. The number of ketones is 1. The first-order valence-corrected chi connectivity index (χ1v) is 16.7. The number of allylic oxidation sites excluding steroid dienone is 8. The second-order valence-corrected chi connectivity index (χ2v) is 15.1. The van der Waals surface area contributed by atoms with Crippen LogP contribution in [0.15, 0.2) is 95.8 Å². The molecule has 0 atom stereocenters. The van der Waals surface area contributed by atoms with E-state index in [1.165, 1.54) is 51.5 Å². The Morgan fingerprint density at radius 3 is 2.27 bits per heavy atom. The van der Waals surface area contributed by atoms with E-state index >= 15 is 0 Å². The van der Waals surface area contributed by atoms with Crippen LogP contribution in [0, 0.1) is 5.41 Å². The maximum absolute atomic E-state index is 12.4. The lowest BCUT2D eigenvalue weighted by Gasteiger charge is -2.27. The van der Waals surface area contributed by atoms with Gasteiger partial charge in [0.05, 0.1) is 5.41 Å². The Bertz CT molecular complexity index is 1570. The number of anilines is 1. The fraction of sp³-hybridized carbons (Fsp3) is 0.463. The first-order valence-electron chi connectivity index (χ1n) is 16.7. The van der Waals surface area contributed by atoms with Crippen LogP contribution >= 0.6 is 0 Å². The number of unbranched alkanes of at least 4 members (excludes halogenated alkanes) is 2. The third-order valence-corrected chi connectivity index (χ3v) is 10.1. The van der Waals surface area contributed by atoms with Gasteiger partial charge in [0.25, 0.3) is 0 Å². The third-order valence-electron chi connectivity index (χ3n) is 10.1. The number of hydrogen-bond donors (Lipinski definition) is 0. The largest absolute Gasteiger partial charge is 1.00 e. The minimum Gasteiger partial charge on any atom is -1.00 e. The van der Waals surface area contributed by atoms with E-state index in [1.807, 2.05) is 20.8 Å². The quantitative estimate of drug-likeness (QED) is 0.219. The van der Waals surface area contributed by atoms with Crippen molar-refractivity contribution in [3.05, 3.63) is 107 Å². The summed E-state index contributed by atoms with van der Waals surface area (Å²) in [5.74, 6) is 0.370. The van der Waals surface area contributed by atoms with E-state index in [-0.39, 0.29) is 28.7 Å². The van der Waals surface area contributed by atoms with E-state index < -0.39 is 0 Å². The number of halogens is 1. The molecule has 2 aromatic carbocycles. The Hall–Kier alpha value is -3.17. The smallest absolute Gasteiger partial charge is 0.209 e. The molecule has 0 unspecified atom stereocenters. The molecule has 3 nitrogen and oxygen atoms in total. The predicted octanol–water partition coefficient (Wildman–Crippen LogP) is 7.15. The number of fused-ring (bicyclic) bond motifs is 2. The zero-order valence-corrected chi connectivity index (χ0v) is 29.6. The minimum atomic E-state index is -0.237. The molecule has 3 aliphatic rings. The van der Waals surface area contributed by atoms with Crippen molar-refractivity contribution < 1.29 is 21.8 Å². The average molecular weight is 625 g/mol. The lowest BCUT2D eigenvalue weighted by atomic mass is 9.81. The maximum atomic E-state index is 12.4. The summed E-state index contributed by atoms with van der Waals surface area (Å²) in [5, 5.41) is 0. The number of benzene rings is 2. The van der Waals surface area contributed by atoms with Crippen molar-refractivity contribution in [3.63, 3.8) is 0 Å². The highest BCUT2D eigenvalue weighted by atomic mass is 35.5. The molecule has 0 bridgehead atoms. The van der Waals surface area contributed by atoms with Gasteiger partial charge in [-0.25, -0.2) is 0 Å². The Kier molecular flexibility index (Phi) is 10.5. The number of nitrogens with zero attached hydrogens (tertiary/aromatic N) is 2. The van der Waals surface area contributed by atoms with Crippen LogP contribution in [0.2, 0.25) is 0 Å². The summed E-state index contributed by atoms with van der Waals surface area (Å²) in [4.78, 5) is 14.9. The average Bonchev–Trinajstić information content (AvgIpc) is 3.32. The van der Waals surface area contributed by atoms with Gasteiger partial charge in [-0.3, -0.25) is 4.79 Å². The molecular formula is C41H53ClN2O. The molecule has 0 radical (unpaired) electrons. The minimum absolute atomic E-state index is 0. The van der Waals surface area contributed by atoms with E-state index in [4.69, 9.17) is 0 Å². The number of hydrogen-bond acceptors (Lipinski definition) is 2. The van der Waals surface area contributed by atoms with Crippen molar-refractivity contribution in [3.8, 4) is 0 Å². The Morgan fingerprint density at radius 2 is 1.56 bits per heavy atom. The Labute approximate surface area is 278 Å². The monoisotopic (exact) mass is 624 g/mol. The van der Waals surface area contributed by atoms with Gasteiger partial charge >= 0.3 is 0 Å². The molecule has 1 aliphatic carbocycles. The van der Waals surface area contributed by atoms with Crippen LogP contribution in [0.3, 0.4) is 0 Å². The lowest BCUT2D eigenvalue weighted by molar-refractivity contribution is -0.401. The standard InChI is InChI=1S/C41H53N2O.ClH/c1-39(2,3)38(44)23-10-9-15-28-43-35-22-14-12-20-33(35)41(6,7)37(43)27-25-31-18-16-17-30(29-31)24-26-36-40(4,5)32-19-11-13-21-34(32)42(36)8;/h11-14,19-22,24-27,29H,9-10,15-18,23,28H2,1-8H3;1H/q+1;/p-1. The van der Waals surface area contributed by atoms with Gasteiger partial charge in [0, 0.05) is 52.9 Å².